The zero-order valence-corrected chi connectivity index (χ0v) is 9.63. The van der Waals surface area contributed by atoms with E-state index in [1.807, 2.05) is 6.07 Å². The maximum absolute atomic E-state index is 11.2. The van der Waals surface area contributed by atoms with Crippen LogP contribution in [0, 0.1) is 0 Å². The molecule has 1 rings (SSSR count). The van der Waals surface area contributed by atoms with Gasteiger partial charge in [0.1, 0.15) is 5.15 Å². The molecule has 0 fully saturated rings. The molecular formula is C11H14ClN3O. The van der Waals surface area contributed by atoms with E-state index in [4.69, 9.17) is 11.6 Å². The summed E-state index contributed by atoms with van der Waals surface area (Å²) in [4.78, 5) is 15.1. The second-order valence-corrected chi connectivity index (χ2v) is 3.51. The molecule has 5 heteroatoms. The van der Waals surface area contributed by atoms with E-state index in [9.17, 15) is 4.79 Å². The third-order valence-electron chi connectivity index (χ3n) is 1.88. The Morgan fingerprint density at radius 2 is 2.44 bits per heavy atom. The van der Waals surface area contributed by atoms with E-state index < -0.39 is 0 Å². The summed E-state index contributed by atoms with van der Waals surface area (Å²) in [5.74, 6) is -0.0695. The van der Waals surface area contributed by atoms with E-state index in [1.165, 1.54) is 0 Å². The van der Waals surface area contributed by atoms with Gasteiger partial charge in [-0.1, -0.05) is 23.7 Å². The second-order valence-electron chi connectivity index (χ2n) is 3.15. The maximum atomic E-state index is 11.2. The van der Waals surface area contributed by atoms with Crippen LogP contribution in [0.5, 0.6) is 0 Å². The smallest absolute Gasteiger partial charge is 0.234 e. The fourth-order valence-electron chi connectivity index (χ4n) is 1.11. The highest BCUT2D eigenvalue weighted by Gasteiger charge is 2.01. The fraction of sp³-hybridized carbons (Fsp3) is 0.273. The average Bonchev–Trinajstić information content (AvgIpc) is 2.29. The highest BCUT2D eigenvalue weighted by atomic mass is 35.5. The molecule has 0 radical (unpaired) electrons. The lowest BCUT2D eigenvalue weighted by atomic mass is 10.3. The molecular weight excluding hydrogens is 226 g/mol. The van der Waals surface area contributed by atoms with Crippen LogP contribution in [0.3, 0.4) is 0 Å². The van der Waals surface area contributed by atoms with Gasteiger partial charge in [0.2, 0.25) is 5.91 Å². The molecule has 4 nitrogen and oxygen atoms in total. The minimum atomic E-state index is -0.0695. The van der Waals surface area contributed by atoms with Crippen molar-refractivity contribution in [2.24, 2.45) is 0 Å². The van der Waals surface area contributed by atoms with Gasteiger partial charge in [0.15, 0.2) is 0 Å². The predicted octanol–water partition coefficient (Wildman–Crippen LogP) is 1.13. The summed E-state index contributed by atoms with van der Waals surface area (Å²) in [7, 11) is 0. The van der Waals surface area contributed by atoms with Gasteiger partial charge >= 0.3 is 0 Å². The van der Waals surface area contributed by atoms with Crippen LogP contribution in [0.25, 0.3) is 0 Å². The fourth-order valence-corrected chi connectivity index (χ4v) is 1.30. The number of pyridine rings is 1. The maximum Gasteiger partial charge on any atom is 0.234 e. The molecule has 1 aromatic rings. The molecule has 0 aromatic carbocycles. The Bertz CT molecular complexity index is 368. The van der Waals surface area contributed by atoms with Gasteiger partial charge in [-0.15, -0.1) is 6.58 Å². The number of hydrogen-bond donors (Lipinski definition) is 2. The molecule has 2 N–H and O–H groups in total. The Balaban J connectivity index is 2.28. The highest BCUT2D eigenvalue weighted by Crippen LogP contribution is 2.10. The first-order valence-corrected chi connectivity index (χ1v) is 5.29. The number of aromatic nitrogens is 1. The number of nitrogens with zero attached hydrogens (tertiary/aromatic N) is 1. The Labute approximate surface area is 99.7 Å². The summed E-state index contributed by atoms with van der Waals surface area (Å²) in [5, 5.41) is 6.11. The van der Waals surface area contributed by atoms with Gasteiger partial charge in [-0.3, -0.25) is 4.79 Å². The quantitative estimate of drug-likeness (QED) is 0.578. The van der Waals surface area contributed by atoms with Crippen molar-refractivity contribution in [1.82, 2.24) is 15.6 Å². The molecule has 0 unspecified atom stereocenters. The molecule has 16 heavy (non-hydrogen) atoms. The normalized spacial score (nSPS) is 9.81. The van der Waals surface area contributed by atoms with E-state index in [0.717, 1.165) is 5.56 Å². The minimum absolute atomic E-state index is 0.0695. The van der Waals surface area contributed by atoms with E-state index in [0.29, 0.717) is 18.2 Å². The molecule has 0 spiro atoms. The molecule has 0 aliphatic carbocycles. The SMILES string of the molecule is C=CCNC(=O)CNCc1cccnc1Cl. The van der Waals surface area contributed by atoms with E-state index in [-0.39, 0.29) is 12.5 Å². The van der Waals surface area contributed by atoms with Crippen LogP contribution in [0.1, 0.15) is 5.56 Å². The molecule has 1 aromatic heterocycles. The zero-order valence-electron chi connectivity index (χ0n) is 8.87. The van der Waals surface area contributed by atoms with Gasteiger partial charge in [-0.25, -0.2) is 4.98 Å². The highest BCUT2D eigenvalue weighted by molar-refractivity contribution is 6.30. The van der Waals surface area contributed by atoms with E-state index >= 15 is 0 Å². The van der Waals surface area contributed by atoms with Crippen molar-refractivity contribution in [2.75, 3.05) is 13.1 Å². The number of carbonyl (C=O) groups excluding carboxylic acids is 1. The minimum Gasteiger partial charge on any atom is -0.352 e. The lowest BCUT2D eigenvalue weighted by molar-refractivity contribution is -0.120. The van der Waals surface area contributed by atoms with Crippen molar-refractivity contribution in [1.29, 1.82) is 0 Å². The summed E-state index contributed by atoms with van der Waals surface area (Å²) in [6.07, 6.45) is 3.26. The largest absolute Gasteiger partial charge is 0.352 e. The average molecular weight is 240 g/mol. The summed E-state index contributed by atoms with van der Waals surface area (Å²) in [6.45, 7) is 4.76. The number of nitrogens with one attached hydrogen (secondary N) is 2. The van der Waals surface area contributed by atoms with Gasteiger partial charge in [0.25, 0.3) is 0 Å². The van der Waals surface area contributed by atoms with E-state index in [2.05, 4.69) is 22.2 Å². The molecule has 0 aliphatic heterocycles. The van der Waals surface area contributed by atoms with Crippen LogP contribution < -0.4 is 10.6 Å². The van der Waals surface area contributed by atoms with Crippen LogP contribution >= 0.6 is 11.6 Å². The first-order chi connectivity index (χ1) is 7.74. The number of halogens is 1. The van der Waals surface area contributed by atoms with Crippen molar-refractivity contribution < 1.29 is 4.79 Å². The molecule has 0 saturated heterocycles. The number of rotatable bonds is 6. The Morgan fingerprint density at radius 3 is 3.12 bits per heavy atom. The van der Waals surface area contributed by atoms with Crippen LogP contribution in [-0.4, -0.2) is 24.0 Å². The number of amides is 1. The molecule has 0 bridgehead atoms. The molecule has 0 atom stereocenters. The van der Waals surface area contributed by atoms with Crippen molar-refractivity contribution in [3.8, 4) is 0 Å². The van der Waals surface area contributed by atoms with Gasteiger partial charge in [-0.05, 0) is 6.07 Å². The molecule has 86 valence electrons. The van der Waals surface area contributed by atoms with Crippen molar-refractivity contribution in [2.45, 2.75) is 6.54 Å². The van der Waals surface area contributed by atoms with Crippen LogP contribution in [0.2, 0.25) is 5.15 Å². The van der Waals surface area contributed by atoms with Gasteiger partial charge < -0.3 is 10.6 Å². The topological polar surface area (TPSA) is 54.0 Å². The van der Waals surface area contributed by atoms with Crippen molar-refractivity contribution >= 4 is 17.5 Å². The number of carbonyl (C=O) groups is 1. The van der Waals surface area contributed by atoms with Gasteiger partial charge in [-0.2, -0.15) is 0 Å². The summed E-state index contributed by atoms with van der Waals surface area (Å²) in [5.41, 5.74) is 0.876. The Kier molecular flexibility index (Phi) is 5.53. The van der Waals surface area contributed by atoms with Crippen LogP contribution in [0.15, 0.2) is 31.0 Å². The first-order valence-electron chi connectivity index (χ1n) is 4.91. The summed E-state index contributed by atoms with van der Waals surface area (Å²) < 4.78 is 0. The van der Waals surface area contributed by atoms with Gasteiger partial charge in [0, 0.05) is 24.8 Å². The third kappa shape index (κ3) is 4.42. The summed E-state index contributed by atoms with van der Waals surface area (Å²) in [6, 6.07) is 3.67. The number of hydrogen-bond acceptors (Lipinski definition) is 3. The second kappa shape index (κ2) is 6.98. The molecule has 1 heterocycles. The van der Waals surface area contributed by atoms with E-state index in [1.54, 1.807) is 18.3 Å². The summed E-state index contributed by atoms with van der Waals surface area (Å²) >= 11 is 5.86. The molecule has 0 aliphatic rings. The van der Waals surface area contributed by atoms with Crippen molar-refractivity contribution in [3.05, 3.63) is 41.7 Å². The standard InChI is InChI=1S/C11H14ClN3O/c1-2-5-14-10(16)8-13-7-9-4-3-6-15-11(9)12/h2-4,6,13H,1,5,7-8H2,(H,14,16). The lowest BCUT2D eigenvalue weighted by Crippen LogP contribution is -2.33. The molecule has 1 amide bonds. The third-order valence-corrected chi connectivity index (χ3v) is 2.22. The predicted molar refractivity (Wildman–Crippen MR) is 64.2 cm³/mol. The monoisotopic (exact) mass is 239 g/mol. The first kappa shape index (κ1) is 12.7. The Morgan fingerprint density at radius 1 is 1.62 bits per heavy atom. The van der Waals surface area contributed by atoms with Gasteiger partial charge in [0.05, 0.1) is 6.54 Å². The Hall–Kier alpha value is -1.39. The lowest BCUT2D eigenvalue weighted by Gasteiger charge is -2.05. The van der Waals surface area contributed by atoms with Crippen molar-refractivity contribution in [3.63, 3.8) is 0 Å². The van der Waals surface area contributed by atoms with Crippen LogP contribution in [-0.2, 0) is 11.3 Å². The zero-order chi connectivity index (χ0) is 11.8. The molecule has 0 saturated carbocycles. The van der Waals surface area contributed by atoms with Crippen LogP contribution in [0.4, 0.5) is 0 Å².